The van der Waals surface area contributed by atoms with E-state index in [1.54, 1.807) is 0 Å². The summed E-state index contributed by atoms with van der Waals surface area (Å²) in [5.74, 6) is 0.814. The molecule has 0 radical (unpaired) electrons. The van der Waals surface area contributed by atoms with Gasteiger partial charge in [-0.1, -0.05) is 108 Å². The molecule has 0 aromatic heterocycles. The van der Waals surface area contributed by atoms with Crippen molar-refractivity contribution >= 4 is 18.6 Å². The molecule has 0 aliphatic heterocycles. The highest BCUT2D eigenvalue weighted by atomic mass is 31.2. The summed E-state index contributed by atoms with van der Waals surface area (Å²) in [5, 5.41) is 2.19. The average molecular weight is 495 g/mol. The lowest BCUT2D eigenvalue weighted by Crippen LogP contribution is -2.11. The van der Waals surface area contributed by atoms with Gasteiger partial charge < -0.3 is 14.4 Å². The third kappa shape index (κ3) is 12.9. The molecule has 0 saturated carbocycles. The number of benzene rings is 2. The first-order chi connectivity index (χ1) is 16.6. The van der Waals surface area contributed by atoms with Crippen LogP contribution in [0.5, 0.6) is 5.75 Å². The molecule has 1 atom stereocenters. The lowest BCUT2D eigenvalue weighted by Gasteiger charge is -2.13. The van der Waals surface area contributed by atoms with Crippen LogP contribution in [0.2, 0.25) is 0 Å². The van der Waals surface area contributed by atoms with E-state index in [2.05, 4.69) is 6.92 Å². The molecular weight excluding hydrogens is 451 g/mol. The Morgan fingerprint density at radius 1 is 0.676 bits per heavy atom. The standard InChI is InChI=1S/C27H43O6P/c1-2-3-4-5-6-7-8-9-10-11-14-20-32-34(28,29)33-24-22-30-21-23-31-27-19-15-17-25-16-12-13-18-26(25)27/h12-13,15-19H,2-11,14,20-24H2,1H3,(H,28,29). The van der Waals surface area contributed by atoms with Crippen LogP contribution in [0.4, 0.5) is 0 Å². The maximum absolute atomic E-state index is 11.9. The number of phosphoric ester groups is 1. The van der Waals surface area contributed by atoms with E-state index in [0.29, 0.717) is 13.2 Å². The van der Waals surface area contributed by atoms with Crippen LogP contribution in [0, 0.1) is 0 Å². The predicted molar refractivity (Wildman–Crippen MR) is 138 cm³/mol. The third-order valence-electron chi connectivity index (χ3n) is 5.72. The lowest BCUT2D eigenvalue weighted by atomic mass is 10.1. The first-order valence-electron chi connectivity index (χ1n) is 12.9. The summed E-state index contributed by atoms with van der Waals surface area (Å²) in [6.07, 6.45) is 13.5. The quantitative estimate of drug-likeness (QED) is 0.142. The molecule has 7 heteroatoms. The Bertz CT molecular complexity index is 822. The van der Waals surface area contributed by atoms with E-state index in [4.69, 9.17) is 18.5 Å². The number of phosphoric acid groups is 1. The van der Waals surface area contributed by atoms with Crippen molar-refractivity contribution in [3.8, 4) is 5.75 Å². The molecule has 0 bridgehead atoms. The molecule has 0 aliphatic carbocycles. The van der Waals surface area contributed by atoms with E-state index in [0.717, 1.165) is 35.8 Å². The zero-order valence-electron chi connectivity index (χ0n) is 20.8. The average Bonchev–Trinajstić information content (AvgIpc) is 2.84. The minimum absolute atomic E-state index is 0.000299. The summed E-state index contributed by atoms with van der Waals surface area (Å²) in [6, 6.07) is 14.0. The minimum Gasteiger partial charge on any atom is -0.491 e. The molecule has 1 N–H and O–H groups in total. The van der Waals surface area contributed by atoms with Gasteiger partial charge in [0.1, 0.15) is 12.4 Å². The molecule has 0 aliphatic rings. The highest BCUT2D eigenvalue weighted by Crippen LogP contribution is 2.43. The molecule has 1 unspecified atom stereocenters. The second kappa shape index (κ2) is 17.9. The molecule has 34 heavy (non-hydrogen) atoms. The van der Waals surface area contributed by atoms with Crippen LogP contribution in [0.15, 0.2) is 42.5 Å². The van der Waals surface area contributed by atoms with Crippen molar-refractivity contribution in [1.82, 2.24) is 0 Å². The van der Waals surface area contributed by atoms with E-state index < -0.39 is 7.82 Å². The van der Waals surface area contributed by atoms with Crippen molar-refractivity contribution in [3.63, 3.8) is 0 Å². The van der Waals surface area contributed by atoms with Crippen LogP contribution in [0.1, 0.15) is 77.6 Å². The molecule has 2 aromatic carbocycles. The van der Waals surface area contributed by atoms with Crippen molar-refractivity contribution in [3.05, 3.63) is 42.5 Å². The topological polar surface area (TPSA) is 74.2 Å². The second-order valence-corrected chi connectivity index (χ2v) is 10.1. The fourth-order valence-corrected chi connectivity index (χ4v) is 4.57. The highest BCUT2D eigenvalue weighted by Gasteiger charge is 2.20. The van der Waals surface area contributed by atoms with Crippen molar-refractivity contribution in [2.75, 3.05) is 33.0 Å². The third-order valence-corrected chi connectivity index (χ3v) is 6.74. The first-order valence-corrected chi connectivity index (χ1v) is 14.4. The monoisotopic (exact) mass is 494 g/mol. The van der Waals surface area contributed by atoms with Gasteiger partial charge >= 0.3 is 7.82 Å². The minimum atomic E-state index is -4.01. The van der Waals surface area contributed by atoms with Gasteiger partial charge in [-0.05, 0) is 17.9 Å². The molecule has 0 saturated heterocycles. The number of ether oxygens (including phenoxy) is 2. The van der Waals surface area contributed by atoms with Crippen molar-refractivity contribution in [2.24, 2.45) is 0 Å². The lowest BCUT2D eigenvalue weighted by molar-refractivity contribution is 0.0610. The Morgan fingerprint density at radius 3 is 2.00 bits per heavy atom. The van der Waals surface area contributed by atoms with Gasteiger partial charge in [-0.3, -0.25) is 9.05 Å². The fourth-order valence-electron chi connectivity index (χ4n) is 3.83. The van der Waals surface area contributed by atoms with Gasteiger partial charge in [-0.25, -0.2) is 4.57 Å². The first kappa shape index (κ1) is 28.8. The Hall–Kier alpha value is -1.43. The Morgan fingerprint density at radius 2 is 1.26 bits per heavy atom. The molecule has 6 nitrogen and oxygen atoms in total. The van der Waals surface area contributed by atoms with Gasteiger partial charge in [-0.2, -0.15) is 0 Å². The predicted octanol–water partition coefficient (Wildman–Crippen LogP) is 7.68. The summed E-state index contributed by atoms with van der Waals surface area (Å²) < 4.78 is 33.2. The molecule has 192 valence electrons. The number of fused-ring (bicyclic) bond motifs is 1. The van der Waals surface area contributed by atoms with Gasteiger partial charge in [0, 0.05) is 5.39 Å². The molecule has 2 rings (SSSR count). The smallest absolute Gasteiger partial charge is 0.472 e. The van der Waals surface area contributed by atoms with Gasteiger partial charge in [-0.15, -0.1) is 0 Å². The molecule has 0 amide bonds. The van der Waals surface area contributed by atoms with Crippen LogP contribution in [-0.2, 0) is 18.3 Å². The van der Waals surface area contributed by atoms with E-state index in [1.807, 2.05) is 42.5 Å². The maximum atomic E-state index is 11.9. The number of unbranched alkanes of at least 4 members (excludes halogenated alkanes) is 10. The van der Waals surface area contributed by atoms with Crippen molar-refractivity contribution in [2.45, 2.75) is 77.6 Å². The van der Waals surface area contributed by atoms with E-state index in [1.165, 1.54) is 51.4 Å². The van der Waals surface area contributed by atoms with Gasteiger partial charge in [0.05, 0.1) is 26.4 Å². The van der Waals surface area contributed by atoms with E-state index >= 15 is 0 Å². The Kier molecular flexibility index (Phi) is 15.2. The summed E-state index contributed by atoms with van der Waals surface area (Å²) >= 11 is 0. The van der Waals surface area contributed by atoms with Gasteiger partial charge in [0.25, 0.3) is 0 Å². The maximum Gasteiger partial charge on any atom is 0.472 e. The summed E-state index contributed by atoms with van der Waals surface area (Å²) in [4.78, 5) is 9.76. The SMILES string of the molecule is CCCCCCCCCCCCCOP(=O)(O)OCCOCCOc1cccc2ccccc12. The zero-order valence-corrected chi connectivity index (χ0v) is 21.7. The van der Waals surface area contributed by atoms with Crippen LogP contribution in [-0.4, -0.2) is 37.9 Å². The summed E-state index contributed by atoms with van der Waals surface area (Å²) in [6.45, 7) is 3.43. The van der Waals surface area contributed by atoms with Gasteiger partial charge in [0.2, 0.25) is 0 Å². The normalized spacial score (nSPS) is 13.2. The number of rotatable bonds is 21. The second-order valence-electron chi connectivity index (χ2n) is 8.61. The fraction of sp³-hybridized carbons (Fsp3) is 0.630. The summed E-state index contributed by atoms with van der Waals surface area (Å²) in [5.41, 5.74) is 0. The Labute approximate surface area is 205 Å². The highest BCUT2D eigenvalue weighted by molar-refractivity contribution is 7.47. The van der Waals surface area contributed by atoms with Crippen LogP contribution >= 0.6 is 7.82 Å². The van der Waals surface area contributed by atoms with Crippen LogP contribution < -0.4 is 4.74 Å². The zero-order chi connectivity index (χ0) is 24.3. The van der Waals surface area contributed by atoms with E-state index in [-0.39, 0.29) is 19.8 Å². The van der Waals surface area contributed by atoms with Crippen LogP contribution in [0.3, 0.4) is 0 Å². The molecular formula is C27H43O6P. The van der Waals surface area contributed by atoms with Crippen molar-refractivity contribution < 1.29 is 28.0 Å². The van der Waals surface area contributed by atoms with E-state index in [9.17, 15) is 9.46 Å². The molecule has 0 fully saturated rings. The largest absolute Gasteiger partial charge is 0.491 e. The molecule has 0 spiro atoms. The Balaban J connectivity index is 1.41. The molecule has 2 aromatic rings. The summed E-state index contributed by atoms with van der Waals surface area (Å²) in [7, 11) is -4.01. The van der Waals surface area contributed by atoms with Crippen molar-refractivity contribution in [1.29, 1.82) is 0 Å². The number of hydrogen-bond acceptors (Lipinski definition) is 5. The number of hydrogen-bond donors (Lipinski definition) is 1. The van der Waals surface area contributed by atoms with Gasteiger partial charge in [0.15, 0.2) is 0 Å². The molecule has 0 heterocycles. The van der Waals surface area contributed by atoms with Crippen LogP contribution in [0.25, 0.3) is 10.8 Å².